The van der Waals surface area contributed by atoms with Crippen molar-refractivity contribution in [1.82, 2.24) is 14.4 Å². The molecule has 4 aromatic rings. The average Bonchev–Trinajstić information content (AvgIpc) is 3.26. The average molecular weight is 483 g/mol. The normalized spacial score (nSPS) is 17.9. The third kappa shape index (κ3) is 4.28. The zero-order valence-corrected chi connectivity index (χ0v) is 22.0. The van der Waals surface area contributed by atoms with Crippen molar-refractivity contribution in [3.05, 3.63) is 59.7 Å². The Bertz CT molecular complexity index is 1380. The molecule has 5 nitrogen and oxygen atoms in total. The number of hydrogen-bond acceptors (Lipinski definition) is 4. The van der Waals surface area contributed by atoms with Gasteiger partial charge < -0.3 is 9.64 Å². The smallest absolute Gasteiger partial charge is 0.117 e. The lowest BCUT2D eigenvalue weighted by molar-refractivity contribution is 0.0835. The van der Waals surface area contributed by atoms with Crippen LogP contribution >= 0.6 is 0 Å². The number of imidazole rings is 1. The van der Waals surface area contributed by atoms with E-state index in [-0.39, 0.29) is 0 Å². The third-order valence-electron chi connectivity index (χ3n) is 8.43. The Morgan fingerprint density at radius 3 is 2.42 bits per heavy atom. The van der Waals surface area contributed by atoms with Gasteiger partial charge in [-0.25, -0.2) is 4.98 Å². The first-order valence-electron chi connectivity index (χ1n) is 13.8. The highest BCUT2D eigenvalue weighted by atomic mass is 16.5. The maximum Gasteiger partial charge on any atom is 0.117 e. The van der Waals surface area contributed by atoms with Crippen molar-refractivity contribution in [2.24, 2.45) is 5.92 Å². The number of nitrogens with zero attached hydrogens (tertiary/aromatic N) is 4. The van der Waals surface area contributed by atoms with Gasteiger partial charge in [-0.1, -0.05) is 31.9 Å². The summed E-state index contributed by atoms with van der Waals surface area (Å²) in [4.78, 5) is 12.4. The molecular formula is C31H38N4O. The zero-order valence-electron chi connectivity index (χ0n) is 22.0. The van der Waals surface area contributed by atoms with Crippen molar-refractivity contribution >= 4 is 22.2 Å². The van der Waals surface area contributed by atoms with E-state index in [1.54, 1.807) is 0 Å². The minimum Gasteiger partial charge on any atom is -0.381 e. The predicted molar refractivity (Wildman–Crippen MR) is 148 cm³/mol. The van der Waals surface area contributed by atoms with Gasteiger partial charge in [-0.3, -0.25) is 9.38 Å². The summed E-state index contributed by atoms with van der Waals surface area (Å²) in [5.74, 6) is 2.50. The molecule has 36 heavy (non-hydrogen) atoms. The van der Waals surface area contributed by atoms with E-state index >= 15 is 0 Å². The Labute approximate surface area is 214 Å². The van der Waals surface area contributed by atoms with Gasteiger partial charge in [0, 0.05) is 37.9 Å². The molecule has 5 heteroatoms. The van der Waals surface area contributed by atoms with Crippen LogP contribution in [0.4, 0.5) is 5.69 Å². The number of anilines is 1. The molecule has 0 saturated carbocycles. The van der Waals surface area contributed by atoms with Gasteiger partial charge in [-0.15, -0.1) is 0 Å². The van der Waals surface area contributed by atoms with Gasteiger partial charge in [0.15, 0.2) is 0 Å². The molecule has 2 aromatic heterocycles. The molecule has 0 spiro atoms. The summed E-state index contributed by atoms with van der Waals surface area (Å²) in [5.41, 5.74) is 9.58. The molecule has 0 bridgehead atoms. The lowest BCUT2D eigenvalue weighted by Gasteiger charge is -2.34. The van der Waals surface area contributed by atoms with Crippen molar-refractivity contribution in [3.63, 3.8) is 0 Å². The number of hydrogen-bond donors (Lipinski definition) is 0. The van der Waals surface area contributed by atoms with Gasteiger partial charge in [0.2, 0.25) is 0 Å². The van der Waals surface area contributed by atoms with E-state index in [1.807, 2.05) is 6.20 Å². The fraction of sp³-hybridized carbons (Fsp3) is 0.484. The van der Waals surface area contributed by atoms with E-state index in [0.717, 1.165) is 60.0 Å². The maximum atomic E-state index is 5.63. The van der Waals surface area contributed by atoms with Crippen LogP contribution in [-0.4, -0.2) is 40.7 Å². The summed E-state index contributed by atoms with van der Waals surface area (Å²) >= 11 is 0. The summed E-state index contributed by atoms with van der Waals surface area (Å²) in [6, 6.07) is 13.7. The Morgan fingerprint density at radius 2 is 1.67 bits per heavy atom. The zero-order chi connectivity index (χ0) is 24.6. The van der Waals surface area contributed by atoms with Gasteiger partial charge in [0.1, 0.15) is 5.82 Å². The van der Waals surface area contributed by atoms with Crippen LogP contribution in [0, 0.1) is 19.8 Å². The topological polar surface area (TPSA) is 42.7 Å². The van der Waals surface area contributed by atoms with E-state index in [4.69, 9.17) is 14.7 Å². The summed E-state index contributed by atoms with van der Waals surface area (Å²) < 4.78 is 7.99. The van der Waals surface area contributed by atoms with Gasteiger partial charge in [-0.05, 0) is 86.4 Å². The molecule has 188 valence electrons. The van der Waals surface area contributed by atoms with Crippen LogP contribution in [0.15, 0.2) is 42.6 Å². The number of fused-ring (bicyclic) bond motifs is 3. The van der Waals surface area contributed by atoms with Crippen LogP contribution in [0.25, 0.3) is 27.7 Å². The van der Waals surface area contributed by atoms with Gasteiger partial charge in [0.25, 0.3) is 0 Å². The van der Waals surface area contributed by atoms with E-state index < -0.39 is 0 Å². The van der Waals surface area contributed by atoms with Crippen LogP contribution < -0.4 is 4.90 Å². The monoisotopic (exact) mass is 482 g/mol. The molecule has 2 aliphatic heterocycles. The van der Waals surface area contributed by atoms with E-state index in [9.17, 15) is 0 Å². The van der Waals surface area contributed by atoms with Crippen molar-refractivity contribution in [2.45, 2.75) is 65.2 Å². The van der Waals surface area contributed by atoms with E-state index in [2.05, 4.69) is 66.5 Å². The second-order valence-electron chi connectivity index (χ2n) is 10.8. The van der Waals surface area contributed by atoms with Crippen molar-refractivity contribution in [1.29, 1.82) is 0 Å². The number of aryl methyl sites for hydroxylation is 2. The number of piperidine rings is 1. The number of benzene rings is 2. The van der Waals surface area contributed by atoms with Gasteiger partial charge in [0.05, 0.1) is 28.4 Å². The molecule has 0 aliphatic carbocycles. The minimum absolute atomic E-state index is 0.428. The van der Waals surface area contributed by atoms with Crippen LogP contribution in [0.1, 0.15) is 68.4 Å². The molecule has 0 unspecified atom stereocenters. The molecule has 2 aliphatic rings. The molecular weight excluding hydrogens is 444 g/mol. The number of ether oxygens (including phenoxy) is 1. The summed E-state index contributed by atoms with van der Waals surface area (Å²) in [6.45, 7) is 10.7. The maximum absolute atomic E-state index is 5.63. The Balaban J connectivity index is 1.35. The molecule has 6 rings (SSSR count). The molecule has 2 saturated heterocycles. The Hall–Kier alpha value is -2.92. The highest BCUT2D eigenvalue weighted by Crippen LogP contribution is 2.34. The summed E-state index contributed by atoms with van der Waals surface area (Å²) in [7, 11) is 0. The van der Waals surface area contributed by atoms with Crippen molar-refractivity contribution in [3.8, 4) is 11.1 Å². The van der Waals surface area contributed by atoms with Crippen LogP contribution in [0.5, 0.6) is 0 Å². The fourth-order valence-corrected chi connectivity index (χ4v) is 6.38. The largest absolute Gasteiger partial charge is 0.381 e. The quantitative estimate of drug-likeness (QED) is 0.305. The van der Waals surface area contributed by atoms with Crippen LogP contribution in [0.3, 0.4) is 0 Å². The fourth-order valence-electron chi connectivity index (χ4n) is 6.38. The standard InChI is InChI=1S/C31H38N4O/c1-4-5-23-10-14-34(15-11-23)28-9-7-25(18-21(28)2)26-6-8-27-29(19-26)35-30(20-32-27)22(3)33-31(35)24-12-16-36-17-13-24/h6-9,18-20,23-24H,4-5,10-17H2,1-3H3. The lowest BCUT2D eigenvalue weighted by atomic mass is 9.91. The van der Waals surface area contributed by atoms with E-state index in [1.165, 1.54) is 61.2 Å². The van der Waals surface area contributed by atoms with E-state index in [0.29, 0.717) is 5.92 Å². The second kappa shape index (κ2) is 9.85. The van der Waals surface area contributed by atoms with Crippen LogP contribution in [-0.2, 0) is 4.74 Å². The molecule has 2 aromatic carbocycles. The van der Waals surface area contributed by atoms with Gasteiger partial charge in [-0.2, -0.15) is 0 Å². The lowest BCUT2D eigenvalue weighted by Crippen LogP contribution is -2.34. The highest BCUT2D eigenvalue weighted by molar-refractivity contribution is 5.85. The SMILES string of the molecule is CCCC1CCN(c2ccc(-c3ccc4ncc5c(C)nc(C6CCOCC6)n5c4c3)cc2C)CC1. The van der Waals surface area contributed by atoms with Crippen LogP contribution in [0.2, 0.25) is 0 Å². The highest BCUT2D eigenvalue weighted by Gasteiger charge is 2.23. The predicted octanol–water partition coefficient (Wildman–Crippen LogP) is 7.08. The molecule has 0 radical (unpaired) electrons. The molecule has 0 N–H and O–H groups in total. The number of aromatic nitrogens is 3. The van der Waals surface area contributed by atoms with Crippen molar-refractivity contribution in [2.75, 3.05) is 31.2 Å². The first kappa shape index (κ1) is 23.5. The molecule has 4 heterocycles. The first-order valence-corrected chi connectivity index (χ1v) is 13.8. The molecule has 0 atom stereocenters. The van der Waals surface area contributed by atoms with Crippen molar-refractivity contribution < 1.29 is 4.74 Å². The molecule has 0 amide bonds. The van der Waals surface area contributed by atoms with Gasteiger partial charge >= 0.3 is 0 Å². The second-order valence-corrected chi connectivity index (χ2v) is 10.8. The minimum atomic E-state index is 0.428. The Kier molecular flexibility index (Phi) is 6.43. The summed E-state index contributed by atoms with van der Waals surface area (Å²) in [5, 5.41) is 0. The molecule has 2 fully saturated rings. The summed E-state index contributed by atoms with van der Waals surface area (Å²) in [6.07, 6.45) is 9.36. The Morgan fingerprint density at radius 1 is 0.917 bits per heavy atom. The number of rotatable bonds is 5. The third-order valence-corrected chi connectivity index (χ3v) is 8.43. The first-order chi connectivity index (χ1) is 17.6.